The number of hydrogen-bond donors (Lipinski definition) is 1. The Labute approximate surface area is 97.2 Å². The van der Waals surface area contributed by atoms with Gasteiger partial charge >= 0.3 is 5.97 Å². The van der Waals surface area contributed by atoms with E-state index in [0.717, 1.165) is 12.5 Å². The van der Waals surface area contributed by atoms with Gasteiger partial charge in [0.1, 0.15) is 0 Å². The molecule has 4 heteroatoms. The molecule has 1 N–H and O–H groups in total. The fraction of sp³-hybridized carbons (Fsp3) is 0.917. The predicted octanol–water partition coefficient (Wildman–Crippen LogP) is 0.877. The summed E-state index contributed by atoms with van der Waals surface area (Å²) in [5.41, 5.74) is 0. The summed E-state index contributed by atoms with van der Waals surface area (Å²) in [4.78, 5) is 15.5. The number of carbonyl (C=O) groups is 1. The van der Waals surface area contributed by atoms with Crippen LogP contribution in [0.1, 0.15) is 26.2 Å². The van der Waals surface area contributed by atoms with Gasteiger partial charge in [0.2, 0.25) is 0 Å². The van der Waals surface area contributed by atoms with Crippen LogP contribution in [0.3, 0.4) is 0 Å². The van der Waals surface area contributed by atoms with Crippen LogP contribution in [0.4, 0.5) is 0 Å². The molecule has 0 aromatic heterocycles. The average molecular weight is 226 g/mol. The summed E-state index contributed by atoms with van der Waals surface area (Å²) in [6.07, 6.45) is 2.80. The van der Waals surface area contributed by atoms with Crippen LogP contribution in [-0.4, -0.2) is 59.6 Å². The van der Waals surface area contributed by atoms with Gasteiger partial charge in [0.25, 0.3) is 0 Å². The molecule has 0 radical (unpaired) electrons. The first-order valence-corrected chi connectivity index (χ1v) is 6.39. The zero-order chi connectivity index (χ0) is 11.5. The number of hydrogen-bond acceptors (Lipinski definition) is 3. The van der Waals surface area contributed by atoms with E-state index in [1.807, 2.05) is 0 Å². The smallest absolute Gasteiger partial charge is 0.304 e. The maximum absolute atomic E-state index is 10.6. The summed E-state index contributed by atoms with van der Waals surface area (Å²) in [6, 6.07) is 0.628. The highest BCUT2D eigenvalue weighted by Crippen LogP contribution is 2.30. The maximum atomic E-state index is 10.6. The molecule has 2 heterocycles. The van der Waals surface area contributed by atoms with E-state index in [4.69, 9.17) is 5.11 Å². The van der Waals surface area contributed by atoms with E-state index in [1.54, 1.807) is 0 Å². The van der Waals surface area contributed by atoms with Crippen LogP contribution in [0, 0.1) is 5.92 Å². The Morgan fingerprint density at radius 1 is 1.44 bits per heavy atom. The Kier molecular flexibility index (Phi) is 3.82. The Bertz CT molecular complexity index is 257. The Morgan fingerprint density at radius 2 is 2.19 bits per heavy atom. The van der Waals surface area contributed by atoms with Crippen LogP contribution < -0.4 is 0 Å². The fourth-order valence-electron chi connectivity index (χ4n) is 3.21. The second-order valence-electron chi connectivity index (χ2n) is 4.98. The first kappa shape index (κ1) is 11.9. The topological polar surface area (TPSA) is 43.8 Å². The molecule has 2 bridgehead atoms. The number of fused-ring (bicyclic) bond motifs is 2. The summed E-state index contributed by atoms with van der Waals surface area (Å²) in [5.74, 6) is 0.102. The van der Waals surface area contributed by atoms with Gasteiger partial charge in [-0.25, -0.2) is 0 Å². The molecule has 0 spiro atoms. The fourth-order valence-corrected chi connectivity index (χ4v) is 3.21. The molecule has 2 aliphatic heterocycles. The van der Waals surface area contributed by atoms with Crippen LogP contribution in [0.2, 0.25) is 0 Å². The van der Waals surface area contributed by atoms with Gasteiger partial charge in [0.05, 0.1) is 6.42 Å². The van der Waals surface area contributed by atoms with Gasteiger partial charge in [-0.3, -0.25) is 9.69 Å². The molecule has 16 heavy (non-hydrogen) atoms. The molecule has 4 nitrogen and oxygen atoms in total. The molecule has 92 valence electrons. The second-order valence-corrected chi connectivity index (χ2v) is 4.98. The van der Waals surface area contributed by atoms with Crippen molar-refractivity contribution in [1.29, 1.82) is 0 Å². The molecule has 2 aliphatic rings. The first-order chi connectivity index (χ1) is 7.70. The number of aliphatic carboxylic acids is 1. The number of nitrogens with zero attached hydrogens (tertiary/aromatic N) is 2. The minimum atomic E-state index is -0.678. The Hall–Kier alpha value is -0.610. The highest BCUT2D eigenvalue weighted by Gasteiger charge is 2.36. The third-order valence-electron chi connectivity index (χ3n) is 4.08. The second kappa shape index (κ2) is 5.15. The van der Waals surface area contributed by atoms with E-state index < -0.39 is 5.97 Å². The summed E-state index contributed by atoms with van der Waals surface area (Å²) in [7, 11) is 0. The van der Waals surface area contributed by atoms with Crippen molar-refractivity contribution in [3.63, 3.8) is 0 Å². The molecule has 0 aliphatic carbocycles. The zero-order valence-electron chi connectivity index (χ0n) is 10.1. The zero-order valence-corrected chi connectivity index (χ0v) is 10.1. The third-order valence-corrected chi connectivity index (χ3v) is 4.08. The van der Waals surface area contributed by atoms with Gasteiger partial charge in [0, 0.05) is 19.1 Å². The highest BCUT2D eigenvalue weighted by molar-refractivity contribution is 5.66. The molecule has 2 saturated heterocycles. The van der Waals surface area contributed by atoms with Crippen LogP contribution in [0.5, 0.6) is 0 Å². The monoisotopic (exact) mass is 226 g/mol. The minimum absolute atomic E-state index is 0.279. The lowest BCUT2D eigenvalue weighted by molar-refractivity contribution is -0.137. The Balaban J connectivity index is 1.90. The average Bonchev–Trinajstić information content (AvgIpc) is 2.64. The van der Waals surface area contributed by atoms with Crippen molar-refractivity contribution in [3.05, 3.63) is 0 Å². The van der Waals surface area contributed by atoms with Crippen molar-refractivity contribution < 1.29 is 9.90 Å². The number of piperidine rings is 1. The molecule has 3 atom stereocenters. The molecular formula is C12H22N2O2. The summed E-state index contributed by atoms with van der Waals surface area (Å²) >= 11 is 0. The van der Waals surface area contributed by atoms with E-state index in [2.05, 4.69) is 16.7 Å². The van der Waals surface area contributed by atoms with E-state index in [1.165, 1.54) is 32.5 Å². The number of carboxylic acid groups (broad SMARTS) is 1. The van der Waals surface area contributed by atoms with Crippen LogP contribution in [-0.2, 0) is 4.79 Å². The van der Waals surface area contributed by atoms with E-state index >= 15 is 0 Å². The molecule has 2 fully saturated rings. The lowest BCUT2D eigenvalue weighted by atomic mass is 9.92. The van der Waals surface area contributed by atoms with Gasteiger partial charge in [-0.2, -0.15) is 0 Å². The SMILES string of the molecule is CCN(CCC(=O)O)C1CCN2CCC1C2. The number of carboxylic acids is 1. The molecule has 0 aromatic carbocycles. The summed E-state index contributed by atoms with van der Waals surface area (Å²) in [5, 5.41) is 8.75. The molecule has 0 amide bonds. The maximum Gasteiger partial charge on any atom is 0.304 e. The van der Waals surface area contributed by atoms with Crippen molar-refractivity contribution in [1.82, 2.24) is 9.80 Å². The van der Waals surface area contributed by atoms with E-state index in [9.17, 15) is 4.79 Å². The Morgan fingerprint density at radius 3 is 2.88 bits per heavy atom. The summed E-state index contributed by atoms with van der Waals surface area (Å²) < 4.78 is 0. The van der Waals surface area contributed by atoms with E-state index in [-0.39, 0.29) is 6.42 Å². The first-order valence-electron chi connectivity index (χ1n) is 6.39. The molecule has 0 saturated carbocycles. The molecular weight excluding hydrogens is 204 g/mol. The lowest BCUT2D eigenvalue weighted by Gasteiger charge is -2.38. The standard InChI is InChI=1S/C12H22N2O2/c1-2-14(8-5-12(15)16)11-4-7-13-6-3-10(11)9-13/h10-11H,2-9H2,1H3,(H,15,16). The largest absolute Gasteiger partial charge is 0.481 e. The van der Waals surface area contributed by atoms with Crippen molar-refractivity contribution in [2.24, 2.45) is 5.92 Å². The highest BCUT2D eigenvalue weighted by atomic mass is 16.4. The van der Waals surface area contributed by atoms with Crippen molar-refractivity contribution in [2.45, 2.75) is 32.2 Å². The van der Waals surface area contributed by atoms with E-state index in [0.29, 0.717) is 12.6 Å². The van der Waals surface area contributed by atoms with Gasteiger partial charge in [-0.05, 0) is 38.4 Å². The summed E-state index contributed by atoms with van der Waals surface area (Å²) in [6.45, 7) is 7.52. The molecule has 0 aromatic rings. The van der Waals surface area contributed by atoms with Crippen LogP contribution in [0.25, 0.3) is 0 Å². The van der Waals surface area contributed by atoms with Gasteiger partial charge in [0.15, 0.2) is 0 Å². The van der Waals surface area contributed by atoms with Gasteiger partial charge in [-0.15, -0.1) is 0 Å². The third kappa shape index (κ3) is 2.55. The van der Waals surface area contributed by atoms with Crippen molar-refractivity contribution >= 4 is 5.97 Å². The lowest BCUT2D eigenvalue weighted by Crippen LogP contribution is -2.47. The minimum Gasteiger partial charge on any atom is -0.481 e. The van der Waals surface area contributed by atoms with Gasteiger partial charge < -0.3 is 10.0 Å². The quantitative estimate of drug-likeness (QED) is 0.755. The van der Waals surface area contributed by atoms with Crippen LogP contribution in [0.15, 0.2) is 0 Å². The van der Waals surface area contributed by atoms with Crippen molar-refractivity contribution in [2.75, 3.05) is 32.7 Å². The molecule has 2 rings (SSSR count). The number of rotatable bonds is 5. The predicted molar refractivity (Wildman–Crippen MR) is 62.5 cm³/mol. The van der Waals surface area contributed by atoms with Crippen molar-refractivity contribution in [3.8, 4) is 0 Å². The van der Waals surface area contributed by atoms with Gasteiger partial charge in [-0.1, -0.05) is 6.92 Å². The normalized spacial score (nSPS) is 33.2. The van der Waals surface area contributed by atoms with Crippen LogP contribution >= 0.6 is 0 Å². The molecule has 3 unspecified atom stereocenters.